The van der Waals surface area contributed by atoms with Crippen LogP contribution >= 0.6 is 0 Å². The van der Waals surface area contributed by atoms with E-state index < -0.39 is 6.04 Å². The molecule has 1 amide bonds. The quantitative estimate of drug-likeness (QED) is 0.762. The molecule has 1 atom stereocenters. The Morgan fingerprint density at radius 3 is 2.66 bits per heavy atom. The number of fused-ring (bicyclic) bond motifs is 1. The first kappa shape index (κ1) is 19.2. The number of allylic oxidation sites excluding steroid dienone is 1. The fourth-order valence-corrected chi connectivity index (χ4v) is 4.44. The number of carbonyl (C=O) groups is 2. The van der Waals surface area contributed by atoms with Crippen LogP contribution in [-0.2, 0) is 9.59 Å². The number of hydrogen-bond donors (Lipinski definition) is 2. The number of nitrogens with zero attached hydrogens (tertiary/aromatic N) is 1. The minimum atomic E-state index is -0.579. The van der Waals surface area contributed by atoms with Crippen molar-refractivity contribution < 1.29 is 14.7 Å². The first-order valence-corrected chi connectivity index (χ1v) is 10.0. The molecule has 5 heteroatoms. The number of rotatable bonds is 2. The van der Waals surface area contributed by atoms with Crippen molar-refractivity contribution in [3.05, 3.63) is 65.4 Å². The minimum Gasteiger partial charge on any atom is -0.508 e. The zero-order valence-corrected chi connectivity index (χ0v) is 17.0. The first-order valence-electron chi connectivity index (χ1n) is 10.0. The molecule has 0 saturated heterocycles. The maximum atomic E-state index is 13.4. The van der Waals surface area contributed by atoms with Crippen molar-refractivity contribution in [2.45, 2.75) is 46.1 Å². The standard InChI is InChI=1S/C24H26N2O3/c1-4-21(29)26-19-11-6-5-10-17(19)25-18-13-24(2,3)14-20(28)22(18)23(26)15-8-7-9-16(27)12-15/h5-12,23,25,27H,4,13-14H2,1-3H3/t23-/m0/s1. The van der Waals surface area contributed by atoms with Crippen molar-refractivity contribution >= 4 is 23.1 Å². The predicted octanol–water partition coefficient (Wildman–Crippen LogP) is 4.95. The van der Waals surface area contributed by atoms with Crippen molar-refractivity contribution in [1.82, 2.24) is 0 Å². The first-order chi connectivity index (χ1) is 13.8. The lowest BCUT2D eigenvalue weighted by molar-refractivity contribution is -0.119. The van der Waals surface area contributed by atoms with E-state index in [0.717, 1.165) is 22.6 Å². The van der Waals surface area contributed by atoms with Gasteiger partial charge in [0.05, 0.1) is 17.4 Å². The minimum absolute atomic E-state index is 0.0406. The molecule has 0 bridgehead atoms. The monoisotopic (exact) mass is 390 g/mol. The second kappa shape index (κ2) is 7.07. The summed E-state index contributed by atoms with van der Waals surface area (Å²) in [6.07, 6.45) is 1.45. The number of nitrogens with one attached hydrogen (secondary N) is 1. The number of anilines is 2. The van der Waals surface area contributed by atoms with Crippen molar-refractivity contribution in [3.63, 3.8) is 0 Å². The summed E-state index contributed by atoms with van der Waals surface area (Å²) in [6.45, 7) is 6.00. The molecule has 29 heavy (non-hydrogen) atoms. The second-order valence-electron chi connectivity index (χ2n) is 8.59. The smallest absolute Gasteiger partial charge is 0.227 e. The van der Waals surface area contributed by atoms with Crippen molar-refractivity contribution in [2.24, 2.45) is 5.41 Å². The number of ketones is 1. The Labute approximate surface area is 171 Å². The van der Waals surface area contributed by atoms with Gasteiger partial charge in [-0.3, -0.25) is 14.5 Å². The highest BCUT2D eigenvalue weighted by molar-refractivity contribution is 6.06. The average Bonchev–Trinajstić information content (AvgIpc) is 2.80. The molecule has 0 aromatic heterocycles. The van der Waals surface area contributed by atoms with E-state index in [1.54, 1.807) is 23.1 Å². The highest BCUT2D eigenvalue weighted by Crippen LogP contribution is 2.48. The zero-order valence-electron chi connectivity index (χ0n) is 17.0. The Morgan fingerprint density at radius 2 is 1.93 bits per heavy atom. The van der Waals surface area contributed by atoms with Crippen LogP contribution in [0.4, 0.5) is 11.4 Å². The molecule has 0 radical (unpaired) electrons. The van der Waals surface area contributed by atoms with Gasteiger partial charge >= 0.3 is 0 Å². The van der Waals surface area contributed by atoms with Gasteiger partial charge in [0.2, 0.25) is 5.91 Å². The Morgan fingerprint density at radius 1 is 1.17 bits per heavy atom. The van der Waals surface area contributed by atoms with Crippen LogP contribution in [0.5, 0.6) is 5.75 Å². The number of phenols is 1. The molecule has 1 aliphatic carbocycles. The molecule has 0 unspecified atom stereocenters. The zero-order chi connectivity index (χ0) is 20.8. The fraction of sp³-hybridized carbons (Fsp3) is 0.333. The summed E-state index contributed by atoms with van der Waals surface area (Å²) in [5.74, 6) is 0.0837. The highest BCUT2D eigenvalue weighted by Gasteiger charge is 2.42. The Kier molecular flexibility index (Phi) is 4.69. The molecule has 0 fully saturated rings. The molecule has 2 aliphatic rings. The van der Waals surface area contributed by atoms with E-state index in [1.165, 1.54) is 0 Å². The summed E-state index contributed by atoms with van der Waals surface area (Å²) >= 11 is 0. The highest BCUT2D eigenvalue weighted by atomic mass is 16.3. The van der Waals surface area contributed by atoms with E-state index in [0.29, 0.717) is 24.8 Å². The molecule has 0 saturated carbocycles. The number of carbonyl (C=O) groups excluding carboxylic acids is 2. The van der Waals surface area contributed by atoms with Gasteiger partial charge in [0.1, 0.15) is 5.75 Å². The van der Waals surface area contributed by atoms with Crippen molar-refractivity contribution in [3.8, 4) is 5.75 Å². The number of hydrogen-bond acceptors (Lipinski definition) is 4. The summed E-state index contributed by atoms with van der Waals surface area (Å²) in [5.41, 5.74) is 3.60. The van der Waals surface area contributed by atoms with Gasteiger partial charge in [-0.25, -0.2) is 0 Å². The number of phenolic OH excluding ortho intramolecular Hbond substituents is 1. The molecule has 2 aromatic rings. The third-order valence-electron chi connectivity index (χ3n) is 5.66. The molecule has 4 rings (SSSR count). The fourth-order valence-electron chi connectivity index (χ4n) is 4.44. The van der Waals surface area contributed by atoms with Crippen LogP contribution in [0.3, 0.4) is 0 Å². The topological polar surface area (TPSA) is 69.6 Å². The van der Waals surface area contributed by atoms with Gasteiger partial charge in [-0.1, -0.05) is 45.0 Å². The van der Waals surface area contributed by atoms with Crippen molar-refractivity contribution in [1.29, 1.82) is 0 Å². The molecule has 1 heterocycles. The Bertz CT molecular complexity index is 1020. The normalized spacial score (nSPS) is 20.4. The average molecular weight is 390 g/mol. The molecule has 2 N–H and O–H groups in total. The van der Waals surface area contributed by atoms with Gasteiger partial charge in [0, 0.05) is 24.1 Å². The van der Waals surface area contributed by atoms with E-state index >= 15 is 0 Å². The van der Waals surface area contributed by atoms with E-state index in [-0.39, 0.29) is 22.9 Å². The SMILES string of the molecule is CCC(=O)N1c2ccccc2NC2=C(C(=O)CC(C)(C)C2)[C@@H]1c1cccc(O)c1. The lowest BCUT2D eigenvalue weighted by Crippen LogP contribution is -2.39. The summed E-state index contributed by atoms with van der Waals surface area (Å²) in [6, 6.07) is 13.9. The van der Waals surface area contributed by atoms with Gasteiger partial charge in [-0.05, 0) is 41.7 Å². The number of benzene rings is 2. The lowest BCUT2D eigenvalue weighted by atomic mass is 9.73. The predicted molar refractivity (Wildman–Crippen MR) is 114 cm³/mol. The second-order valence-corrected chi connectivity index (χ2v) is 8.59. The van der Waals surface area contributed by atoms with E-state index in [9.17, 15) is 14.7 Å². The van der Waals surface area contributed by atoms with Gasteiger partial charge in [0.15, 0.2) is 5.78 Å². The Balaban J connectivity index is 2.02. The van der Waals surface area contributed by atoms with Gasteiger partial charge in [-0.2, -0.15) is 0 Å². The molecule has 2 aromatic carbocycles. The van der Waals surface area contributed by atoms with Crippen LogP contribution in [-0.4, -0.2) is 16.8 Å². The molecule has 0 spiro atoms. The lowest BCUT2D eigenvalue weighted by Gasteiger charge is -2.37. The maximum absolute atomic E-state index is 13.4. The van der Waals surface area contributed by atoms with Crippen LogP contribution < -0.4 is 10.2 Å². The number of aromatic hydroxyl groups is 1. The largest absolute Gasteiger partial charge is 0.508 e. The molecule has 1 aliphatic heterocycles. The van der Waals surface area contributed by atoms with Crippen LogP contribution in [0, 0.1) is 5.41 Å². The van der Waals surface area contributed by atoms with Crippen LogP contribution in [0.15, 0.2) is 59.8 Å². The van der Waals surface area contributed by atoms with Crippen LogP contribution in [0.1, 0.15) is 51.6 Å². The van der Waals surface area contributed by atoms with E-state index in [2.05, 4.69) is 19.2 Å². The number of amides is 1. The van der Waals surface area contributed by atoms with Gasteiger partial charge in [-0.15, -0.1) is 0 Å². The third kappa shape index (κ3) is 3.41. The van der Waals surface area contributed by atoms with E-state index in [4.69, 9.17) is 0 Å². The summed E-state index contributed by atoms with van der Waals surface area (Å²) in [5, 5.41) is 13.6. The summed E-state index contributed by atoms with van der Waals surface area (Å²) in [4.78, 5) is 28.3. The van der Waals surface area contributed by atoms with Crippen LogP contribution in [0.25, 0.3) is 0 Å². The molecule has 5 nitrogen and oxygen atoms in total. The van der Waals surface area contributed by atoms with Gasteiger partial charge in [0.25, 0.3) is 0 Å². The molecular formula is C24H26N2O3. The number of Topliss-reactive ketones (excluding diaryl/α,β-unsaturated/α-hetero) is 1. The Hall–Kier alpha value is -3.08. The summed E-state index contributed by atoms with van der Waals surface area (Å²) < 4.78 is 0. The van der Waals surface area contributed by atoms with Crippen LogP contribution in [0.2, 0.25) is 0 Å². The summed E-state index contributed by atoms with van der Waals surface area (Å²) in [7, 11) is 0. The maximum Gasteiger partial charge on any atom is 0.227 e. The number of para-hydroxylation sites is 2. The van der Waals surface area contributed by atoms with Crippen molar-refractivity contribution in [2.75, 3.05) is 10.2 Å². The molecular weight excluding hydrogens is 364 g/mol. The van der Waals surface area contributed by atoms with Gasteiger partial charge < -0.3 is 10.4 Å². The van der Waals surface area contributed by atoms with E-state index in [1.807, 2.05) is 37.3 Å². The third-order valence-corrected chi connectivity index (χ3v) is 5.66. The molecule has 150 valence electrons.